The Bertz CT molecular complexity index is 392. The van der Waals surface area contributed by atoms with Crippen molar-refractivity contribution in [1.82, 2.24) is 5.32 Å². The Labute approximate surface area is 105 Å². The fourth-order valence-electron chi connectivity index (χ4n) is 4.07. The Balaban J connectivity index is 1.80. The van der Waals surface area contributed by atoms with Crippen LogP contribution < -0.4 is 5.32 Å². The normalized spacial score (nSPS) is 34.0. The van der Waals surface area contributed by atoms with Gasteiger partial charge in [0.25, 0.3) is 0 Å². The standard InChI is InChI=1S/C16H23N/c1-3-9-17-16-12(4-2)15-13-8-6-5-7-11(13)10-14(15)16/h5-8,12,14-17H,3-4,9-10H2,1-2H3. The molecule has 1 saturated carbocycles. The van der Waals surface area contributed by atoms with Gasteiger partial charge in [0, 0.05) is 6.04 Å². The minimum Gasteiger partial charge on any atom is -0.313 e. The van der Waals surface area contributed by atoms with Crippen LogP contribution in [-0.4, -0.2) is 12.6 Å². The Kier molecular flexibility index (Phi) is 2.96. The summed E-state index contributed by atoms with van der Waals surface area (Å²) in [5.74, 6) is 2.60. The first-order chi connectivity index (χ1) is 8.36. The SMILES string of the molecule is CCCNC1C(CC)C2c3ccccc3CC12. The predicted octanol–water partition coefficient (Wildman–Crippen LogP) is 3.35. The molecule has 0 heterocycles. The van der Waals surface area contributed by atoms with Gasteiger partial charge in [-0.25, -0.2) is 0 Å². The maximum Gasteiger partial charge on any atom is 0.0139 e. The highest BCUT2D eigenvalue weighted by Gasteiger charge is 2.52. The van der Waals surface area contributed by atoms with Crippen LogP contribution in [0, 0.1) is 11.8 Å². The first-order valence-corrected chi connectivity index (χ1v) is 7.18. The van der Waals surface area contributed by atoms with E-state index in [1.807, 2.05) is 0 Å². The molecule has 0 saturated heterocycles. The zero-order valence-corrected chi connectivity index (χ0v) is 10.9. The number of fused-ring (bicyclic) bond motifs is 3. The first-order valence-electron chi connectivity index (χ1n) is 7.18. The van der Waals surface area contributed by atoms with Crippen molar-refractivity contribution in [2.75, 3.05) is 6.54 Å². The summed E-state index contributed by atoms with van der Waals surface area (Å²) in [6.45, 7) is 5.79. The van der Waals surface area contributed by atoms with E-state index in [1.54, 1.807) is 11.1 Å². The lowest BCUT2D eigenvalue weighted by molar-refractivity contribution is 0.0797. The second-order valence-corrected chi connectivity index (χ2v) is 5.64. The van der Waals surface area contributed by atoms with Crippen molar-refractivity contribution >= 4 is 0 Å². The molecule has 0 aromatic heterocycles. The molecule has 4 atom stereocenters. The fraction of sp³-hybridized carbons (Fsp3) is 0.625. The monoisotopic (exact) mass is 229 g/mol. The Morgan fingerprint density at radius 3 is 2.82 bits per heavy atom. The topological polar surface area (TPSA) is 12.0 Å². The highest BCUT2D eigenvalue weighted by atomic mass is 15.0. The van der Waals surface area contributed by atoms with E-state index in [4.69, 9.17) is 0 Å². The minimum atomic E-state index is 0.775. The quantitative estimate of drug-likeness (QED) is 0.835. The largest absolute Gasteiger partial charge is 0.313 e. The molecular formula is C16H23N. The Morgan fingerprint density at radius 1 is 1.24 bits per heavy atom. The number of rotatable bonds is 4. The molecule has 92 valence electrons. The van der Waals surface area contributed by atoms with Gasteiger partial charge in [-0.1, -0.05) is 44.5 Å². The number of hydrogen-bond acceptors (Lipinski definition) is 1. The van der Waals surface area contributed by atoms with Gasteiger partial charge >= 0.3 is 0 Å². The molecule has 0 radical (unpaired) electrons. The molecule has 4 unspecified atom stereocenters. The second kappa shape index (κ2) is 4.45. The van der Waals surface area contributed by atoms with Crippen LogP contribution in [0.15, 0.2) is 24.3 Å². The van der Waals surface area contributed by atoms with Gasteiger partial charge in [0.1, 0.15) is 0 Å². The molecule has 1 heteroatoms. The van der Waals surface area contributed by atoms with Gasteiger partial charge in [0.15, 0.2) is 0 Å². The van der Waals surface area contributed by atoms with E-state index in [2.05, 4.69) is 43.4 Å². The van der Waals surface area contributed by atoms with E-state index in [-0.39, 0.29) is 0 Å². The van der Waals surface area contributed by atoms with Crippen molar-refractivity contribution in [2.45, 2.75) is 45.1 Å². The van der Waals surface area contributed by atoms with E-state index in [0.29, 0.717) is 0 Å². The average molecular weight is 229 g/mol. The minimum absolute atomic E-state index is 0.775. The van der Waals surface area contributed by atoms with Gasteiger partial charge in [-0.2, -0.15) is 0 Å². The molecule has 1 fully saturated rings. The van der Waals surface area contributed by atoms with Crippen molar-refractivity contribution in [3.63, 3.8) is 0 Å². The van der Waals surface area contributed by atoms with Crippen molar-refractivity contribution in [3.8, 4) is 0 Å². The number of benzene rings is 1. The van der Waals surface area contributed by atoms with Gasteiger partial charge in [-0.3, -0.25) is 0 Å². The van der Waals surface area contributed by atoms with Gasteiger partial charge in [0.2, 0.25) is 0 Å². The van der Waals surface area contributed by atoms with Crippen molar-refractivity contribution < 1.29 is 0 Å². The van der Waals surface area contributed by atoms with E-state index in [0.717, 1.165) is 23.8 Å². The molecule has 0 spiro atoms. The average Bonchev–Trinajstić information content (AvgIpc) is 2.66. The summed E-state index contributed by atoms with van der Waals surface area (Å²) in [7, 11) is 0. The summed E-state index contributed by atoms with van der Waals surface area (Å²) in [5.41, 5.74) is 3.26. The van der Waals surface area contributed by atoms with Crippen molar-refractivity contribution in [2.24, 2.45) is 11.8 Å². The van der Waals surface area contributed by atoms with Gasteiger partial charge in [-0.05, 0) is 48.3 Å². The molecule has 0 amide bonds. The molecule has 3 rings (SSSR count). The van der Waals surface area contributed by atoms with E-state index >= 15 is 0 Å². The Morgan fingerprint density at radius 2 is 2.06 bits per heavy atom. The lowest BCUT2D eigenvalue weighted by Gasteiger charge is -2.50. The van der Waals surface area contributed by atoms with Gasteiger partial charge < -0.3 is 5.32 Å². The van der Waals surface area contributed by atoms with Crippen LogP contribution in [0.2, 0.25) is 0 Å². The molecule has 2 aliphatic carbocycles. The smallest absolute Gasteiger partial charge is 0.0139 e. The molecule has 1 aromatic rings. The van der Waals surface area contributed by atoms with Crippen molar-refractivity contribution in [1.29, 1.82) is 0 Å². The summed E-state index contributed by atoms with van der Waals surface area (Å²) in [5, 5.41) is 3.78. The van der Waals surface area contributed by atoms with Crippen LogP contribution in [0.3, 0.4) is 0 Å². The summed E-state index contributed by atoms with van der Waals surface area (Å²) in [6.07, 6.45) is 3.87. The molecule has 0 aliphatic heterocycles. The van der Waals surface area contributed by atoms with Gasteiger partial charge in [-0.15, -0.1) is 0 Å². The molecule has 1 N–H and O–H groups in total. The maximum atomic E-state index is 3.78. The molecule has 1 nitrogen and oxygen atoms in total. The van der Waals surface area contributed by atoms with E-state index < -0.39 is 0 Å². The predicted molar refractivity (Wildman–Crippen MR) is 72.2 cm³/mol. The summed E-state index contributed by atoms with van der Waals surface area (Å²) in [6, 6.07) is 9.87. The third-order valence-electron chi connectivity index (χ3n) is 4.82. The van der Waals surface area contributed by atoms with Crippen LogP contribution >= 0.6 is 0 Å². The zero-order chi connectivity index (χ0) is 11.8. The summed E-state index contributed by atoms with van der Waals surface area (Å²) >= 11 is 0. The highest BCUT2D eigenvalue weighted by molar-refractivity contribution is 5.41. The molecule has 1 aromatic carbocycles. The van der Waals surface area contributed by atoms with Crippen LogP contribution in [0.1, 0.15) is 43.7 Å². The molecule has 2 aliphatic rings. The molecule has 0 bridgehead atoms. The Hall–Kier alpha value is -0.820. The highest BCUT2D eigenvalue weighted by Crippen LogP contribution is 2.56. The van der Waals surface area contributed by atoms with Gasteiger partial charge in [0.05, 0.1) is 0 Å². The van der Waals surface area contributed by atoms with Crippen molar-refractivity contribution in [3.05, 3.63) is 35.4 Å². The molecule has 17 heavy (non-hydrogen) atoms. The van der Waals surface area contributed by atoms with Crippen LogP contribution in [0.4, 0.5) is 0 Å². The second-order valence-electron chi connectivity index (χ2n) is 5.64. The van der Waals surface area contributed by atoms with Crippen LogP contribution in [0.25, 0.3) is 0 Å². The van der Waals surface area contributed by atoms with E-state index in [9.17, 15) is 0 Å². The lowest BCUT2D eigenvalue weighted by Crippen LogP contribution is -2.55. The fourth-order valence-corrected chi connectivity index (χ4v) is 4.07. The van der Waals surface area contributed by atoms with Crippen LogP contribution in [0.5, 0.6) is 0 Å². The third-order valence-corrected chi connectivity index (χ3v) is 4.82. The molecular weight excluding hydrogens is 206 g/mol. The van der Waals surface area contributed by atoms with Crippen LogP contribution in [-0.2, 0) is 6.42 Å². The summed E-state index contributed by atoms with van der Waals surface area (Å²) < 4.78 is 0. The van der Waals surface area contributed by atoms with E-state index in [1.165, 1.54) is 25.8 Å². The summed E-state index contributed by atoms with van der Waals surface area (Å²) in [4.78, 5) is 0. The number of hydrogen-bond donors (Lipinski definition) is 1. The maximum absolute atomic E-state index is 3.78. The zero-order valence-electron chi connectivity index (χ0n) is 10.9. The first kappa shape index (κ1) is 11.3. The number of nitrogens with one attached hydrogen (secondary N) is 1. The third kappa shape index (κ3) is 1.63. The lowest BCUT2D eigenvalue weighted by atomic mass is 9.60.